The molecule has 4 rings (SSSR count). The zero-order valence-corrected chi connectivity index (χ0v) is 17.1. The summed E-state index contributed by atoms with van der Waals surface area (Å²) in [5.74, 6) is 0.973. The first-order chi connectivity index (χ1) is 14.7. The Morgan fingerprint density at radius 1 is 0.667 bits per heavy atom. The van der Waals surface area contributed by atoms with Crippen LogP contribution in [0.5, 0.6) is 0 Å². The van der Waals surface area contributed by atoms with Crippen molar-refractivity contribution in [1.82, 2.24) is 0 Å². The zero-order chi connectivity index (χ0) is 20.9. The predicted molar refractivity (Wildman–Crippen MR) is 123 cm³/mol. The van der Waals surface area contributed by atoms with E-state index in [-0.39, 0.29) is 5.78 Å². The van der Waals surface area contributed by atoms with Crippen molar-refractivity contribution in [2.24, 2.45) is 5.73 Å². The number of rotatable bonds is 6. The molecule has 0 aliphatic carbocycles. The average molecular weight is 411 g/mol. The van der Waals surface area contributed by atoms with E-state index in [1.165, 1.54) is 0 Å². The Kier molecular flexibility index (Phi) is 6.08. The number of carbonyl (C=O) groups is 1. The summed E-state index contributed by atoms with van der Waals surface area (Å²) in [6, 6.07) is 33.2. The van der Waals surface area contributed by atoms with E-state index < -0.39 is 0 Å². The first-order valence-electron chi connectivity index (χ1n) is 9.79. The maximum absolute atomic E-state index is 12.9. The first kappa shape index (κ1) is 20.1. The molecule has 2 nitrogen and oxygen atoms in total. The van der Waals surface area contributed by atoms with Crippen molar-refractivity contribution < 1.29 is 4.79 Å². The lowest BCUT2D eigenvalue weighted by atomic mass is 9.84. The molecule has 0 heterocycles. The van der Waals surface area contributed by atoms with Gasteiger partial charge in [-0.2, -0.15) is 0 Å². The molecule has 0 aromatic heterocycles. The molecule has 0 spiro atoms. The second kappa shape index (κ2) is 9.08. The minimum atomic E-state index is -0.0620. The fraction of sp³-hybridized carbons (Fsp3) is 0.0370. The van der Waals surface area contributed by atoms with E-state index in [2.05, 4.69) is 24.3 Å². The lowest BCUT2D eigenvalue weighted by Gasteiger charge is -2.19. The number of halogens is 1. The van der Waals surface area contributed by atoms with Gasteiger partial charge in [-0.1, -0.05) is 109 Å². The Labute approximate surface area is 182 Å². The molecule has 147 valence electrons. The van der Waals surface area contributed by atoms with E-state index in [9.17, 15) is 4.79 Å². The lowest BCUT2D eigenvalue weighted by Crippen LogP contribution is -2.07. The number of ketones is 1. The highest BCUT2D eigenvalue weighted by molar-refractivity contribution is 6.32. The van der Waals surface area contributed by atoms with Crippen molar-refractivity contribution in [2.45, 2.75) is 6.54 Å². The monoisotopic (exact) mass is 410 g/mol. The van der Waals surface area contributed by atoms with Crippen LogP contribution in [0.1, 0.15) is 38.2 Å². The van der Waals surface area contributed by atoms with Crippen LogP contribution in [-0.4, -0.2) is 5.78 Å². The van der Waals surface area contributed by atoms with Crippen LogP contribution < -0.4 is 5.73 Å². The Morgan fingerprint density at radius 2 is 1.20 bits per heavy atom. The standard InChI is InChI=1S/C27H21ClNO/c28-25-17-23(27(30)22-13-11-19(18-29)12-14-22)15-16-24(25)26(20-7-3-1-4-8-20)21-9-5-2-6-10-21/h1-17H,18,29H2. The lowest BCUT2D eigenvalue weighted by molar-refractivity contribution is 0.103. The highest BCUT2D eigenvalue weighted by Gasteiger charge is 2.21. The molecule has 4 aromatic carbocycles. The number of nitrogens with two attached hydrogens (primary N) is 1. The highest BCUT2D eigenvalue weighted by atomic mass is 35.5. The summed E-state index contributed by atoms with van der Waals surface area (Å²) in [4.78, 5) is 12.9. The topological polar surface area (TPSA) is 43.1 Å². The third kappa shape index (κ3) is 4.20. The summed E-state index contributed by atoms with van der Waals surface area (Å²) in [6.45, 7) is 0.451. The quantitative estimate of drug-likeness (QED) is 0.310. The summed E-state index contributed by atoms with van der Waals surface area (Å²) in [5, 5.41) is 0.544. The fourth-order valence-electron chi connectivity index (χ4n) is 3.51. The number of benzene rings is 4. The van der Waals surface area contributed by atoms with Gasteiger partial charge in [0.2, 0.25) is 0 Å². The van der Waals surface area contributed by atoms with Crippen molar-refractivity contribution >= 4 is 17.4 Å². The smallest absolute Gasteiger partial charge is 0.193 e. The largest absolute Gasteiger partial charge is 0.326 e. The fourth-order valence-corrected chi connectivity index (χ4v) is 3.78. The summed E-state index contributed by atoms with van der Waals surface area (Å²) in [7, 11) is 0. The van der Waals surface area contributed by atoms with Crippen molar-refractivity contribution in [2.75, 3.05) is 0 Å². The molecule has 4 aromatic rings. The number of hydrogen-bond donors (Lipinski definition) is 1. The van der Waals surface area contributed by atoms with Crippen LogP contribution in [0.15, 0.2) is 103 Å². The molecule has 0 aliphatic heterocycles. The van der Waals surface area contributed by atoms with Crippen LogP contribution in [-0.2, 0) is 6.54 Å². The average Bonchev–Trinajstić information content (AvgIpc) is 2.81. The van der Waals surface area contributed by atoms with Gasteiger partial charge in [-0.25, -0.2) is 0 Å². The molecule has 0 bridgehead atoms. The van der Waals surface area contributed by atoms with Gasteiger partial charge in [0, 0.05) is 22.7 Å². The number of hydrogen-bond acceptors (Lipinski definition) is 2. The maximum atomic E-state index is 12.9. The molecule has 0 saturated carbocycles. The minimum Gasteiger partial charge on any atom is -0.326 e. The molecule has 1 radical (unpaired) electrons. The van der Waals surface area contributed by atoms with E-state index in [1.54, 1.807) is 18.2 Å². The van der Waals surface area contributed by atoms with E-state index in [0.29, 0.717) is 22.7 Å². The van der Waals surface area contributed by atoms with Crippen molar-refractivity contribution in [3.05, 3.63) is 147 Å². The van der Waals surface area contributed by atoms with Crippen LogP contribution in [0.3, 0.4) is 0 Å². The first-order valence-corrected chi connectivity index (χ1v) is 10.2. The van der Waals surface area contributed by atoms with Gasteiger partial charge in [-0.05, 0) is 28.3 Å². The molecule has 2 N–H and O–H groups in total. The van der Waals surface area contributed by atoms with Crippen LogP contribution in [0.4, 0.5) is 0 Å². The second-order valence-electron chi connectivity index (χ2n) is 7.03. The second-order valence-corrected chi connectivity index (χ2v) is 7.44. The van der Waals surface area contributed by atoms with Crippen LogP contribution in [0, 0.1) is 5.92 Å². The van der Waals surface area contributed by atoms with Gasteiger partial charge >= 0.3 is 0 Å². The molecule has 0 saturated heterocycles. The third-order valence-corrected chi connectivity index (χ3v) is 5.39. The van der Waals surface area contributed by atoms with E-state index >= 15 is 0 Å². The molecule has 0 atom stereocenters. The molecular weight excluding hydrogens is 390 g/mol. The highest BCUT2D eigenvalue weighted by Crippen LogP contribution is 2.35. The predicted octanol–water partition coefficient (Wildman–Crippen LogP) is 6.05. The Bertz CT molecular complexity index is 1100. The van der Waals surface area contributed by atoms with Gasteiger partial charge < -0.3 is 5.73 Å². The van der Waals surface area contributed by atoms with Crippen LogP contribution in [0.2, 0.25) is 5.02 Å². The third-order valence-electron chi connectivity index (χ3n) is 5.08. The van der Waals surface area contributed by atoms with E-state index in [1.807, 2.05) is 60.7 Å². The number of carbonyl (C=O) groups excluding carboxylic acids is 1. The Hall–Kier alpha value is -3.20. The molecule has 0 amide bonds. The van der Waals surface area contributed by atoms with Crippen molar-refractivity contribution in [1.29, 1.82) is 0 Å². The van der Waals surface area contributed by atoms with Gasteiger partial charge in [0.05, 0.1) is 5.92 Å². The minimum absolute atomic E-state index is 0.0620. The molecule has 30 heavy (non-hydrogen) atoms. The summed E-state index contributed by atoms with van der Waals surface area (Å²) < 4.78 is 0. The zero-order valence-electron chi connectivity index (χ0n) is 16.4. The molecular formula is C27H21ClNO. The normalized spacial score (nSPS) is 10.9. The Balaban J connectivity index is 1.72. The van der Waals surface area contributed by atoms with Gasteiger partial charge in [0.25, 0.3) is 0 Å². The van der Waals surface area contributed by atoms with Crippen molar-refractivity contribution in [3.8, 4) is 0 Å². The summed E-state index contributed by atoms with van der Waals surface area (Å²) >= 11 is 6.71. The van der Waals surface area contributed by atoms with Crippen LogP contribution >= 0.6 is 11.6 Å². The molecule has 0 unspecified atom stereocenters. The van der Waals surface area contributed by atoms with Crippen LogP contribution in [0.25, 0.3) is 0 Å². The Morgan fingerprint density at radius 3 is 1.70 bits per heavy atom. The van der Waals surface area contributed by atoms with Gasteiger partial charge in [-0.3, -0.25) is 4.79 Å². The SMILES string of the molecule is NCc1ccc(C(=O)c2ccc([C](c3ccccc3)c3ccccc3)c(Cl)c2)cc1. The van der Waals surface area contributed by atoms with E-state index in [4.69, 9.17) is 17.3 Å². The van der Waals surface area contributed by atoms with Crippen molar-refractivity contribution in [3.63, 3.8) is 0 Å². The van der Waals surface area contributed by atoms with Gasteiger partial charge in [0.1, 0.15) is 0 Å². The van der Waals surface area contributed by atoms with Gasteiger partial charge in [-0.15, -0.1) is 0 Å². The van der Waals surface area contributed by atoms with Gasteiger partial charge in [0.15, 0.2) is 5.78 Å². The molecule has 3 heteroatoms. The molecule has 0 fully saturated rings. The molecule has 0 aliphatic rings. The summed E-state index contributed by atoms with van der Waals surface area (Å²) in [6.07, 6.45) is 0. The summed E-state index contributed by atoms with van der Waals surface area (Å²) in [5.41, 5.74) is 10.8. The maximum Gasteiger partial charge on any atom is 0.193 e. The van der Waals surface area contributed by atoms with E-state index in [0.717, 1.165) is 28.2 Å².